The number of methoxy groups -OCH3 is 1. The van der Waals surface area contributed by atoms with E-state index in [1.165, 1.54) is 0 Å². The van der Waals surface area contributed by atoms with Crippen LogP contribution >= 0.6 is 28.1 Å². The van der Waals surface area contributed by atoms with Gasteiger partial charge in [0.2, 0.25) is 5.88 Å². The van der Waals surface area contributed by atoms with Gasteiger partial charge in [0.05, 0.1) is 19.2 Å². The van der Waals surface area contributed by atoms with Crippen molar-refractivity contribution in [3.8, 4) is 5.88 Å². The maximum Gasteiger partial charge on any atom is 0.213 e. The lowest BCUT2D eigenvalue weighted by Gasteiger charge is -2.05. The molecule has 0 spiro atoms. The summed E-state index contributed by atoms with van der Waals surface area (Å²) in [5.41, 5.74) is 2.79. The van der Waals surface area contributed by atoms with Crippen LogP contribution in [-0.2, 0) is 6.54 Å². The monoisotopic (exact) mass is 350 g/mol. The smallest absolute Gasteiger partial charge is 0.213 e. The van der Waals surface area contributed by atoms with Crippen LogP contribution in [0.2, 0.25) is 0 Å². The summed E-state index contributed by atoms with van der Waals surface area (Å²) >= 11 is 8.76. The third-order valence-corrected chi connectivity index (χ3v) is 3.68. The SMILES string of the molecule is COc1cc(Cn2c(=S)[nH]c3cc(Br)cnc32)ccn1. The van der Waals surface area contributed by atoms with E-state index in [1.54, 1.807) is 19.5 Å². The van der Waals surface area contributed by atoms with Gasteiger partial charge in [0.15, 0.2) is 10.4 Å². The molecule has 0 saturated heterocycles. The summed E-state index contributed by atoms with van der Waals surface area (Å²) in [4.78, 5) is 11.7. The number of hydrogen-bond acceptors (Lipinski definition) is 4. The minimum Gasteiger partial charge on any atom is -0.481 e. The molecule has 102 valence electrons. The summed E-state index contributed by atoms with van der Waals surface area (Å²) in [5.74, 6) is 0.588. The molecule has 0 amide bonds. The van der Waals surface area contributed by atoms with Crippen LogP contribution in [0.1, 0.15) is 5.56 Å². The van der Waals surface area contributed by atoms with Crippen molar-refractivity contribution >= 4 is 39.3 Å². The third kappa shape index (κ3) is 2.46. The Hall–Kier alpha value is -1.73. The Labute approximate surface area is 128 Å². The van der Waals surface area contributed by atoms with E-state index >= 15 is 0 Å². The van der Waals surface area contributed by atoms with Crippen molar-refractivity contribution in [3.63, 3.8) is 0 Å². The molecule has 0 saturated carbocycles. The Morgan fingerprint density at radius 3 is 3.05 bits per heavy atom. The minimum absolute atomic E-state index is 0.588. The van der Waals surface area contributed by atoms with Crippen LogP contribution in [0.3, 0.4) is 0 Å². The highest BCUT2D eigenvalue weighted by Crippen LogP contribution is 2.18. The molecular weight excluding hydrogens is 340 g/mol. The fourth-order valence-electron chi connectivity index (χ4n) is 2.01. The standard InChI is InChI=1S/C13H11BrN4OS/c1-19-11-4-8(2-3-15-11)7-18-12-10(17-13(18)20)5-9(14)6-16-12/h2-6H,7H2,1H3,(H,17,20). The second-order valence-electron chi connectivity index (χ2n) is 4.25. The van der Waals surface area contributed by atoms with Crippen molar-refractivity contribution in [2.75, 3.05) is 7.11 Å². The van der Waals surface area contributed by atoms with Crippen LogP contribution in [0.25, 0.3) is 11.2 Å². The summed E-state index contributed by atoms with van der Waals surface area (Å²) in [6.07, 6.45) is 3.48. The molecule has 0 bridgehead atoms. The molecule has 0 aliphatic heterocycles. The molecule has 3 aromatic heterocycles. The number of aromatic nitrogens is 4. The summed E-state index contributed by atoms with van der Waals surface area (Å²) in [5, 5.41) is 0. The van der Waals surface area contributed by atoms with E-state index < -0.39 is 0 Å². The van der Waals surface area contributed by atoms with Gasteiger partial charge in [0.25, 0.3) is 0 Å². The van der Waals surface area contributed by atoms with E-state index in [0.717, 1.165) is 21.2 Å². The molecule has 0 radical (unpaired) electrons. The van der Waals surface area contributed by atoms with Gasteiger partial charge in [-0.2, -0.15) is 0 Å². The molecule has 5 nitrogen and oxygen atoms in total. The Kier molecular flexibility index (Phi) is 3.54. The zero-order chi connectivity index (χ0) is 14.1. The Bertz CT molecular complexity index is 827. The first kappa shape index (κ1) is 13.3. The minimum atomic E-state index is 0.588. The van der Waals surface area contributed by atoms with Crippen molar-refractivity contribution in [2.45, 2.75) is 6.54 Å². The highest BCUT2D eigenvalue weighted by molar-refractivity contribution is 9.10. The molecule has 0 fully saturated rings. The molecule has 0 aliphatic carbocycles. The van der Waals surface area contributed by atoms with Gasteiger partial charge in [-0.15, -0.1) is 0 Å². The number of hydrogen-bond donors (Lipinski definition) is 1. The Morgan fingerprint density at radius 1 is 1.40 bits per heavy atom. The molecule has 3 heterocycles. The van der Waals surface area contributed by atoms with Crippen molar-refractivity contribution in [3.05, 3.63) is 45.4 Å². The number of halogens is 1. The van der Waals surface area contributed by atoms with Gasteiger partial charge in [-0.25, -0.2) is 9.97 Å². The maximum absolute atomic E-state index is 5.36. The van der Waals surface area contributed by atoms with E-state index in [2.05, 4.69) is 30.9 Å². The van der Waals surface area contributed by atoms with Gasteiger partial charge in [0.1, 0.15) is 0 Å². The number of imidazole rings is 1. The van der Waals surface area contributed by atoms with Crippen LogP contribution in [0.5, 0.6) is 5.88 Å². The highest BCUT2D eigenvalue weighted by Gasteiger charge is 2.07. The van der Waals surface area contributed by atoms with Gasteiger partial charge in [-0.3, -0.25) is 4.57 Å². The number of aromatic amines is 1. The van der Waals surface area contributed by atoms with E-state index in [9.17, 15) is 0 Å². The van der Waals surface area contributed by atoms with E-state index in [1.807, 2.05) is 22.8 Å². The molecule has 1 N–H and O–H groups in total. The zero-order valence-electron chi connectivity index (χ0n) is 10.6. The number of nitrogens with zero attached hydrogens (tertiary/aromatic N) is 3. The second kappa shape index (κ2) is 5.34. The van der Waals surface area contributed by atoms with Crippen LogP contribution in [0, 0.1) is 4.77 Å². The quantitative estimate of drug-likeness (QED) is 0.736. The molecule has 20 heavy (non-hydrogen) atoms. The van der Waals surface area contributed by atoms with E-state index in [0.29, 0.717) is 17.2 Å². The van der Waals surface area contributed by atoms with Gasteiger partial charge in [-0.05, 0) is 45.8 Å². The number of fused-ring (bicyclic) bond motifs is 1. The number of nitrogens with one attached hydrogen (secondary N) is 1. The van der Waals surface area contributed by atoms with Crippen molar-refractivity contribution < 1.29 is 4.74 Å². The zero-order valence-corrected chi connectivity index (χ0v) is 13.0. The number of pyridine rings is 2. The summed E-state index contributed by atoms with van der Waals surface area (Å²) in [6.45, 7) is 0.617. The first-order chi connectivity index (χ1) is 9.67. The average Bonchev–Trinajstić information content (AvgIpc) is 2.74. The predicted octanol–water partition coefficient (Wildman–Crippen LogP) is 3.31. The first-order valence-corrected chi connectivity index (χ1v) is 7.10. The van der Waals surface area contributed by atoms with E-state index in [-0.39, 0.29) is 0 Å². The average molecular weight is 351 g/mol. The van der Waals surface area contributed by atoms with E-state index in [4.69, 9.17) is 17.0 Å². The second-order valence-corrected chi connectivity index (χ2v) is 5.55. The summed E-state index contributed by atoms with van der Waals surface area (Å²) in [6, 6.07) is 5.78. The van der Waals surface area contributed by atoms with Gasteiger partial charge < -0.3 is 9.72 Å². The lowest BCUT2D eigenvalue weighted by Crippen LogP contribution is -2.01. The molecule has 7 heteroatoms. The molecular formula is C13H11BrN4OS. The number of rotatable bonds is 3. The molecule has 3 rings (SSSR count). The third-order valence-electron chi connectivity index (χ3n) is 2.92. The largest absolute Gasteiger partial charge is 0.481 e. The molecule has 0 unspecified atom stereocenters. The summed E-state index contributed by atoms with van der Waals surface area (Å²) < 4.78 is 8.64. The van der Waals surface area contributed by atoms with Gasteiger partial charge in [-0.1, -0.05) is 0 Å². The molecule has 0 atom stereocenters. The van der Waals surface area contributed by atoms with Crippen LogP contribution in [-0.4, -0.2) is 26.6 Å². The van der Waals surface area contributed by atoms with Crippen molar-refractivity contribution in [1.29, 1.82) is 0 Å². The lowest BCUT2D eigenvalue weighted by molar-refractivity contribution is 0.397. The fraction of sp³-hybridized carbons (Fsp3) is 0.154. The normalized spacial score (nSPS) is 10.9. The molecule has 0 aromatic carbocycles. The topological polar surface area (TPSA) is 55.7 Å². The lowest BCUT2D eigenvalue weighted by atomic mass is 10.2. The Balaban J connectivity index is 2.06. The number of ether oxygens (including phenoxy) is 1. The van der Waals surface area contributed by atoms with Crippen LogP contribution < -0.4 is 4.74 Å². The van der Waals surface area contributed by atoms with Crippen LogP contribution in [0.15, 0.2) is 35.1 Å². The first-order valence-electron chi connectivity index (χ1n) is 5.90. The summed E-state index contributed by atoms with van der Waals surface area (Å²) in [7, 11) is 1.60. The maximum atomic E-state index is 5.36. The molecule has 0 aliphatic rings. The van der Waals surface area contributed by atoms with Crippen molar-refractivity contribution in [2.24, 2.45) is 0 Å². The number of H-pyrrole nitrogens is 1. The fourth-order valence-corrected chi connectivity index (χ4v) is 2.60. The van der Waals surface area contributed by atoms with Crippen LogP contribution in [0.4, 0.5) is 0 Å². The van der Waals surface area contributed by atoms with Gasteiger partial charge in [0, 0.05) is 22.9 Å². The predicted molar refractivity (Wildman–Crippen MR) is 82.5 cm³/mol. The van der Waals surface area contributed by atoms with Crippen molar-refractivity contribution in [1.82, 2.24) is 19.5 Å². The Morgan fingerprint density at radius 2 is 2.25 bits per heavy atom. The highest BCUT2D eigenvalue weighted by atomic mass is 79.9. The van der Waals surface area contributed by atoms with Gasteiger partial charge >= 0.3 is 0 Å². The molecule has 3 aromatic rings.